The van der Waals surface area contributed by atoms with Gasteiger partial charge in [0.05, 0.1) is 17.3 Å². The Morgan fingerprint density at radius 2 is 1.22 bits per heavy atom. The smallest absolute Gasteiger partial charge is 0.159 e. The molecule has 0 aliphatic carbocycles. The fourth-order valence-electron chi connectivity index (χ4n) is 4.43. The van der Waals surface area contributed by atoms with Crippen LogP contribution in [0.3, 0.4) is 0 Å². The zero-order valence-electron chi connectivity index (χ0n) is 17.2. The molecule has 1 aromatic heterocycles. The second-order valence-electron chi connectivity index (χ2n) is 7.81. The second kappa shape index (κ2) is 7.30. The highest BCUT2D eigenvalue weighted by molar-refractivity contribution is 6.25. The molecule has 0 aliphatic heterocycles. The van der Waals surface area contributed by atoms with Crippen LogP contribution in [0.2, 0.25) is 0 Å². The van der Waals surface area contributed by atoms with Crippen molar-refractivity contribution >= 4 is 32.3 Å². The summed E-state index contributed by atoms with van der Waals surface area (Å²) in [6, 6.07) is 35.0. The number of hydrogen-bond donors (Lipinski definition) is 0. The van der Waals surface area contributed by atoms with E-state index in [2.05, 4.69) is 65.7 Å². The number of hydrogen-bond acceptors (Lipinski definition) is 3. The summed E-state index contributed by atoms with van der Waals surface area (Å²) >= 11 is 0. The summed E-state index contributed by atoms with van der Waals surface area (Å²) in [7, 11) is 0. The lowest BCUT2D eigenvalue weighted by Gasteiger charge is -2.12. The van der Waals surface area contributed by atoms with Gasteiger partial charge in [0.15, 0.2) is 5.82 Å². The van der Waals surface area contributed by atoms with Gasteiger partial charge in [0, 0.05) is 17.3 Å². The highest BCUT2D eigenvalue weighted by atomic mass is 14.9. The SMILES string of the molecule is N#Cc1ccc2c3ccc(-c4nccc(-c5ccccc5)n4)cc3c3ccccc3c2c1. The van der Waals surface area contributed by atoms with Crippen molar-refractivity contribution in [1.29, 1.82) is 5.26 Å². The third kappa shape index (κ3) is 2.90. The van der Waals surface area contributed by atoms with Crippen molar-refractivity contribution in [3.63, 3.8) is 0 Å². The van der Waals surface area contributed by atoms with Crippen molar-refractivity contribution in [2.24, 2.45) is 0 Å². The molecular formula is C29H17N3. The Bertz CT molecular complexity index is 1660. The summed E-state index contributed by atoms with van der Waals surface area (Å²) in [4.78, 5) is 9.40. The van der Waals surface area contributed by atoms with Gasteiger partial charge < -0.3 is 0 Å². The van der Waals surface area contributed by atoms with Gasteiger partial charge >= 0.3 is 0 Å². The van der Waals surface area contributed by atoms with Crippen molar-refractivity contribution in [2.75, 3.05) is 0 Å². The molecule has 6 rings (SSSR count). The molecule has 0 fully saturated rings. The minimum atomic E-state index is 0.671. The molecule has 3 nitrogen and oxygen atoms in total. The fourth-order valence-corrected chi connectivity index (χ4v) is 4.43. The topological polar surface area (TPSA) is 49.6 Å². The van der Waals surface area contributed by atoms with Crippen LogP contribution in [0.1, 0.15) is 5.56 Å². The molecule has 0 radical (unpaired) electrons. The molecule has 0 bridgehead atoms. The maximum atomic E-state index is 9.39. The summed E-state index contributed by atoms with van der Waals surface area (Å²) in [5, 5.41) is 16.2. The predicted octanol–water partition coefficient (Wildman–Crippen LogP) is 7.14. The molecule has 0 unspecified atom stereocenters. The van der Waals surface area contributed by atoms with Gasteiger partial charge in [0.1, 0.15) is 0 Å². The van der Waals surface area contributed by atoms with Gasteiger partial charge in [-0.25, -0.2) is 9.97 Å². The number of aromatic nitrogens is 2. The highest BCUT2D eigenvalue weighted by Crippen LogP contribution is 2.37. The zero-order chi connectivity index (χ0) is 21.5. The van der Waals surface area contributed by atoms with Crippen molar-refractivity contribution in [3.8, 4) is 28.7 Å². The number of nitriles is 1. The lowest BCUT2D eigenvalue weighted by atomic mass is 9.92. The van der Waals surface area contributed by atoms with Crippen molar-refractivity contribution in [3.05, 3.63) is 109 Å². The second-order valence-corrected chi connectivity index (χ2v) is 7.81. The molecule has 0 N–H and O–H groups in total. The molecular weight excluding hydrogens is 390 g/mol. The van der Waals surface area contributed by atoms with Crippen LogP contribution < -0.4 is 0 Å². The van der Waals surface area contributed by atoms with Crippen LogP contribution in [-0.2, 0) is 0 Å². The molecule has 0 atom stereocenters. The van der Waals surface area contributed by atoms with E-state index < -0.39 is 0 Å². The highest BCUT2D eigenvalue weighted by Gasteiger charge is 2.12. The molecule has 0 amide bonds. The Labute approximate surface area is 185 Å². The predicted molar refractivity (Wildman–Crippen MR) is 130 cm³/mol. The minimum Gasteiger partial charge on any atom is -0.237 e. The van der Waals surface area contributed by atoms with Gasteiger partial charge in [0.25, 0.3) is 0 Å². The fraction of sp³-hybridized carbons (Fsp3) is 0. The Morgan fingerprint density at radius 3 is 1.97 bits per heavy atom. The average Bonchev–Trinajstić information content (AvgIpc) is 2.89. The third-order valence-electron chi connectivity index (χ3n) is 5.95. The summed E-state index contributed by atoms with van der Waals surface area (Å²) in [5.41, 5.74) is 3.63. The minimum absolute atomic E-state index is 0.671. The molecule has 0 saturated carbocycles. The molecule has 0 spiro atoms. The molecule has 6 aromatic rings. The van der Waals surface area contributed by atoms with Crippen molar-refractivity contribution in [1.82, 2.24) is 9.97 Å². The Morgan fingerprint density at radius 1 is 0.562 bits per heavy atom. The quantitative estimate of drug-likeness (QED) is 0.287. The third-order valence-corrected chi connectivity index (χ3v) is 5.95. The first-order chi connectivity index (χ1) is 15.8. The van der Waals surface area contributed by atoms with Gasteiger partial charge in [0.2, 0.25) is 0 Å². The standard InChI is InChI=1S/C29H17N3/c30-18-19-10-12-24-25-13-11-21(17-27(25)23-9-5-4-8-22(23)26(24)16-19)29-31-15-14-28(32-29)20-6-2-1-3-7-20/h1-17H. The normalized spacial score (nSPS) is 11.1. The first-order valence-corrected chi connectivity index (χ1v) is 10.5. The Balaban J connectivity index is 1.61. The zero-order valence-corrected chi connectivity index (χ0v) is 17.2. The number of nitrogens with zero attached hydrogens (tertiary/aromatic N) is 3. The van der Waals surface area contributed by atoms with E-state index in [1.54, 1.807) is 0 Å². The molecule has 32 heavy (non-hydrogen) atoms. The molecule has 3 heteroatoms. The number of fused-ring (bicyclic) bond motifs is 6. The first kappa shape index (κ1) is 18.2. The Kier molecular flexibility index (Phi) is 4.16. The summed E-state index contributed by atoms with van der Waals surface area (Å²) in [6.45, 7) is 0. The first-order valence-electron chi connectivity index (χ1n) is 10.5. The van der Waals surface area contributed by atoms with Gasteiger partial charge in [-0.05, 0) is 56.6 Å². The van der Waals surface area contributed by atoms with Crippen LogP contribution in [0.25, 0.3) is 55.0 Å². The van der Waals surface area contributed by atoms with Gasteiger partial charge in [-0.1, -0.05) is 72.8 Å². The van der Waals surface area contributed by atoms with Crippen molar-refractivity contribution < 1.29 is 0 Å². The largest absolute Gasteiger partial charge is 0.237 e. The van der Waals surface area contributed by atoms with E-state index >= 15 is 0 Å². The molecule has 1 heterocycles. The monoisotopic (exact) mass is 407 g/mol. The number of benzene rings is 5. The van der Waals surface area contributed by atoms with Crippen LogP contribution in [0.5, 0.6) is 0 Å². The summed E-state index contributed by atoms with van der Waals surface area (Å²) < 4.78 is 0. The Hall–Kier alpha value is -4.55. The van der Waals surface area contributed by atoms with Crippen LogP contribution in [0.15, 0.2) is 103 Å². The molecule has 0 aliphatic rings. The lowest BCUT2D eigenvalue weighted by molar-refractivity contribution is 1.18. The average molecular weight is 407 g/mol. The van der Waals surface area contributed by atoms with Crippen LogP contribution in [0, 0.1) is 11.3 Å². The molecule has 5 aromatic carbocycles. The van der Waals surface area contributed by atoms with Crippen LogP contribution >= 0.6 is 0 Å². The van der Waals surface area contributed by atoms with Gasteiger partial charge in [-0.3, -0.25) is 0 Å². The van der Waals surface area contributed by atoms with Crippen molar-refractivity contribution in [2.45, 2.75) is 0 Å². The van der Waals surface area contributed by atoms with E-state index in [1.807, 2.05) is 48.7 Å². The van der Waals surface area contributed by atoms with Crippen LogP contribution in [-0.4, -0.2) is 9.97 Å². The summed E-state index contributed by atoms with van der Waals surface area (Å²) in [5.74, 6) is 0.706. The van der Waals surface area contributed by atoms with E-state index in [9.17, 15) is 5.26 Å². The summed E-state index contributed by atoms with van der Waals surface area (Å²) in [6.07, 6.45) is 1.82. The van der Waals surface area contributed by atoms with E-state index in [0.717, 1.165) is 49.1 Å². The van der Waals surface area contributed by atoms with E-state index in [-0.39, 0.29) is 0 Å². The van der Waals surface area contributed by atoms with Crippen LogP contribution in [0.4, 0.5) is 0 Å². The van der Waals surface area contributed by atoms with E-state index in [1.165, 1.54) is 0 Å². The molecule has 0 saturated heterocycles. The van der Waals surface area contributed by atoms with Gasteiger partial charge in [-0.15, -0.1) is 0 Å². The maximum Gasteiger partial charge on any atom is 0.159 e. The molecule has 148 valence electrons. The van der Waals surface area contributed by atoms with Gasteiger partial charge in [-0.2, -0.15) is 5.26 Å². The van der Waals surface area contributed by atoms with E-state index in [0.29, 0.717) is 11.4 Å². The maximum absolute atomic E-state index is 9.39. The van der Waals surface area contributed by atoms with E-state index in [4.69, 9.17) is 4.98 Å². The number of rotatable bonds is 2. The lowest BCUT2D eigenvalue weighted by Crippen LogP contribution is -1.92.